The summed E-state index contributed by atoms with van der Waals surface area (Å²) in [5.74, 6) is 0.113. The van der Waals surface area contributed by atoms with Crippen LogP contribution in [-0.2, 0) is 9.53 Å². The van der Waals surface area contributed by atoms with Gasteiger partial charge in [0.1, 0.15) is 29.9 Å². The lowest BCUT2D eigenvalue weighted by Crippen LogP contribution is -2.35. The summed E-state index contributed by atoms with van der Waals surface area (Å²) in [4.78, 5) is 18.4. The third kappa shape index (κ3) is 4.47. The first-order chi connectivity index (χ1) is 15.0. The zero-order valence-electron chi connectivity index (χ0n) is 16.5. The number of carbonyl (C=O) groups excluding carboxylic acids is 1. The molecule has 6 nitrogen and oxygen atoms in total. The summed E-state index contributed by atoms with van der Waals surface area (Å²) in [6.07, 6.45) is 1.69. The summed E-state index contributed by atoms with van der Waals surface area (Å²) in [5.41, 5.74) is 1.09. The summed E-state index contributed by atoms with van der Waals surface area (Å²) in [6.45, 7) is 1.98. The zero-order chi connectivity index (χ0) is 22.0. The molecule has 0 amide bonds. The molecule has 2 aromatic heterocycles. The van der Waals surface area contributed by atoms with Gasteiger partial charge in [-0.15, -0.1) is 0 Å². The van der Waals surface area contributed by atoms with Crippen LogP contribution in [0.15, 0.2) is 63.6 Å². The summed E-state index contributed by atoms with van der Waals surface area (Å²) in [7, 11) is 0. The highest BCUT2D eigenvalue weighted by Gasteiger charge is 2.42. The number of halogens is 2. The zero-order valence-corrected chi connectivity index (χ0v) is 19.0. The highest BCUT2D eigenvalue weighted by atomic mass is 79.9. The number of hydrogen-bond acceptors (Lipinski definition) is 5. The normalized spacial score (nSPS) is 18.2. The van der Waals surface area contributed by atoms with Gasteiger partial charge in [0.25, 0.3) is 0 Å². The van der Waals surface area contributed by atoms with Crippen molar-refractivity contribution in [3.63, 3.8) is 0 Å². The molecule has 1 aliphatic rings. The molecule has 0 radical (unpaired) electrons. The predicted molar refractivity (Wildman–Crippen MR) is 121 cm³/mol. The molecular formula is C22H19BrFN3O3S. The van der Waals surface area contributed by atoms with E-state index < -0.39 is 17.8 Å². The minimum Gasteiger partial charge on any atom is -0.465 e. The van der Waals surface area contributed by atoms with Gasteiger partial charge in [0.05, 0.1) is 23.9 Å². The Labute approximate surface area is 192 Å². The highest BCUT2D eigenvalue weighted by molar-refractivity contribution is 9.10. The molecule has 1 saturated heterocycles. The first-order valence-corrected chi connectivity index (χ1v) is 10.9. The molecule has 2 unspecified atom stereocenters. The average Bonchev–Trinajstić information content (AvgIpc) is 3.34. The van der Waals surface area contributed by atoms with Crippen LogP contribution in [0, 0.1) is 5.82 Å². The Bertz CT molecular complexity index is 1110. The van der Waals surface area contributed by atoms with E-state index in [9.17, 15) is 9.18 Å². The predicted octanol–water partition coefficient (Wildman–Crippen LogP) is 4.78. The second-order valence-electron chi connectivity index (χ2n) is 6.89. The summed E-state index contributed by atoms with van der Waals surface area (Å²) < 4.78 is 26.3. The molecule has 160 valence electrons. The maximum atomic E-state index is 14.5. The maximum absolute atomic E-state index is 14.5. The largest absolute Gasteiger partial charge is 0.465 e. The van der Waals surface area contributed by atoms with Crippen molar-refractivity contribution in [3.8, 4) is 11.3 Å². The van der Waals surface area contributed by atoms with E-state index in [1.54, 1.807) is 42.3 Å². The lowest BCUT2D eigenvalue weighted by Gasteiger charge is -2.25. The SMILES string of the molecule is CCOC(=O)CN1C(=S)NC(c2ccccn2)C1c1ccc(-c2ccc(Br)cc2F)o1. The van der Waals surface area contributed by atoms with Gasteiger partial charge in [-0.25, -0.2) is 4.39 Å². The van der Waals surface area contributed by atoms with Crippen molar-refractivity contribution in [2.75, 3.05) is 13.2 Å². The Morgan fingerprint density at radius 3 is 2.87 bits per heavy atom. The minimum absolute atomic E-state index is 0.0453. The number of benzene rings is 1. The Morgan fingerprint density at radius 1 is 1.32 bits per heavy atom. The Balaban J connectivity index is 1.72. The molecule has 0 aliphatic carbocycles. The highest BCUT2D eigenvalue weighted by Crippen LogP contribution is 2.40. The second-order valence-corrected chi connectivity index (χ2v) is 8.19. The monoisotopic (exact) mass is 503 g/mol. The molecule has 0 saturated carbocycles. The lowest BCUT2D eigenvalue weighted by atomic mass is 10.0. The quantitative estimate of drug-likeness (QED) is 0.383. The number of hydrogen-bond donors (Lipinski definition) is 1. The number of ether oxygens (including phenoxy) is 1. The van der Waals surface area contributed by atoms with Gasteiger partial charge in [0.15, 0.2) is 5.11 Å². The first-order valence-electron chi connectivity index (χ1n) is 9.66. The van der Waals surface area contributed by atoms with Crippen LogP contribution in [0.1, 0.15) is 30.5 Å². The molecule has 0 spiro atoms. The van der Waals surface area contributed by atoms with Crippen LogP contribution in [0.2, 0.25) is 0 Å². The van der Waals surface area contributed by atoms with E-state index in [-0.39, 0.29) is 19.2 Å². The van der Waals surface area contributed by atoms with Crippen LogP contribution in [0.4, 0.5) is 4.39 Å². The van der Waals surface area contributed by atoms with Gasteiger partial charge in [-0.05, 0) is 61.6 Å². The van der Waals surface area contributed by atoms with Crippen LogP contribution in [0.3, 0.4) is 0 Å². The third-order valence-corrected chi connectivity index (χ3v) is 5.76. The number of furan rings is 1. The fourth-order valence-electron chi connectivity index (χ4n) is 3.58. The molecule has 1 aromatic carbocycles. The molecule has 9 heteroatoms. The molecule has 3 heterocycles. The van der Waals surface area contributed by atoms with Crippen molar-refractivity contribution in [1.82, 2.24) is 15.2 Å². The van der Waals surface area contributed by atoms with Crippen molar-refractivity contribution < 1.29 is 18.3 Å². The van der Waals surface area contributed by atoms with Gasteiger partial charge >= 0.3 is 5.97 Å². The topological polar surface area (TPSA) is 67.6 Å². The van der Waals surface area contributed by atoms with Crippen molar-refractivity contribution >= 4 is 39.2 Å². The molecule has 4 rings (SSSR count). The Morgan fingerprint density at radius 2 is 2.16 bits per heavy atom. The third-order valence-electron chi connectivity index (χ3n) is 4.92. The Kier molecular flexibility index (Phi) is 6.33. The number of aromatic nitrogens is 1. The van der Waals surface area contributed by atoms with Gasteiger partial charge < -0.3 is 19.4 Å². The number of nitrogens with zero attached hydrogens (tertiary/aromatic N) is 2. The van der Waals surface area contributed by atoms with Crippen LogP contribution in [-0.4, -0.2) is 34.1 Å². The maximum Gasteiger partial charge on any atom is 0.325 e. The molecule has 3 aromatic rings. The van der Waals surface area contributed by atoms with Crippen molar-refractivity contribution in [3.05, 3.63) is 76.5 Å². The Hall–Kier alpha value is -2.78. The van der Waals surface area contributed by atoms with E-state index in [0.717, 1.165) is 5.69 Å². The summed E-state index contributed by atoms with van der Waals surface area (Å²) in [5, 5.41) is 3.62. The summed E-state index contributed by atoms with van der Waals surface area (Å²) in [6, 6.07) is 13.0. The van der Waals surface area contributed by atoms with Gasteiger partial charge in [-0.2, -0.15) is 0 Å². The van der Waals surface area contributed by atoms with Gasteiger partial charge in [-0.1, -0.05) is 22.0 Å². The van der Waals surface area contributed by atoms with Crippen LogP contribution >= 0.6 is 28.1 Å². The number of nitrogens with one attached hydrogen (secondary N) is 1. The molecule has 31 heavy (non-hydrogen) atoms. The van der Waals surface area contributed by atoms with Crippen LogP contribution < -0.4 is 5.32 Å². The molecular weight excluding hydrogens is 485 g/mol. The van der Waals surface area contributed by atoms with Crippen molar-refractivity contribution in [2.24, 2.45) is 0 Å². The lowest BCUT2D eigenvalue weighted by molar-refractivity contribution is -0.143. The second kappa shape index (κ2) is 9.15. The molecule has 1 N–H and O–H groups in total. The number of esters is 1. The van der Waals surface area contributed by atoms with Crippen molar-refractivity contribution in [1.29, 1.82) is 0 Å². The summed E-state index contributed by atoms with van der Waals surface area (Å²) >= 11 is 8.77. The molecule has 2 atom stereocenters. The standard InChI is InChI=1S/C22H19BrFN3O3S/c1-2-29-19(28)12-27-21(20(26-22(27)31)16-5-3-4-10-25-16)18-9-8-17(30-18)14-7-6-13(23)11-15(14)24/h3-11,20-21H,2,12H2,1H3,(H,26,31). The molecule has 0 bridgehead atoms. The van der Waals surface area contributed by atoms with E-state index in [4.69, 9.17) is 21.4 Å². The van der Waals surface area contributed by atoms with E-state index in [1.807, 2.05) is 18.2 Å². The fourth-order valence-corrected chi connectivity index (χ4v) is 4.21. The minimum atomic E-state index is -0.459. The van der Waals surface area contributed by atoms with Crippen molar-refractivity contribution in [2.45, 2.75) is 19.0 Å². The van der Waals surface area contributed by atoms with E-state index in [1.165, 1.54) is 6.07 Å². The fraction of sp³-hybridized carbons (Fsp3) is 0.227. The molecule has 1 fully saturated rings. The van der Waals surface area contributed by atoms with E-state index in [2.05, 4.69) is 26.2 Å². The van der Waals surface area contributed by atoms with Gasteiger partial charge in [0, 0.05) is 10.7 Å². The van der Waals surface area contributed by atoms with Gasteiger partial charge in [0.2, 0.25) is 0 Å². The number of rotatable bonds is 6. The van der Waals surface area contributed by atoms with Crippen LogP contribution in [0.25, 0.3) is 11.3 Å². The van der Waals surface area contributed by atoms with Crippen LogP contribution in [0.5, 0.6) is 0 Å². The smallest absolute Gasteiger partial charge is 0.325 e. The van der Waals surface area contributed by atoms with Gasteiger partial charge in [-0.3, -0.25) is 9.78 Å². The van der Waals surface area contributed by atoms with E-state index in [0.29, 0.717) is 26.7 Å². The first kappa shape index (κ1) is 21.5. The van der Waals surface area contributed by atoms with E-state index >= 15 is 0 Å². The number of thiocarbonyl (C=S) groups is 1. The number of carbonyl (C=O) groups is 1. The number of pyridine rings is 1. The molecule has 1 aliphatic heterocycles. The average molecular weight is 504 g/mol.